The summed E-state index contributed by atoms with van der Waals surface area (Å²) in [6, 6.07) is 6.09. The van der Waals surface area contributed by atoms with E-state index in [1.165, 1.54) is 24.3 Å². The number of hydrogen-bond acceptors (Lipinski definition) is 3. The van der Waals surface area contributed by atoms with Crippen LogP contribution >= 0.6 is 0 Å². The maximum Gasteiger partial charge on any atom is 0.416 e. The Bertz CT molecular complexity index is 1040. The minimum atomic E-state index is -4.43. The van der Waals surface area contributed by atoms with Crippen molar-refractivity contribution in [2.45, 2.75) is 39.3 Å². The maximum atomic E-state index is 12.8. The zero-order chi connectivity index (χ0) is 23.5. The average Bonchev–Trinajstić information content (AvgIpc) is 3.53. The highest BCUT2D eigenvalue weighted by molar-refractivity contribution is 5.97. The molecule has 0 unspecified atom stereocenters. The molecule has 0 aromatic heterocycles. The number of phenols is 1. The van der Waals surface area contributed by atoms with Crippen LogP contribution in [0.5, 0.6) is 11.5 Å². The van der Waals surface area contributed by atoms with Gasteiger partial charge >= 0.3 is 12.1 Å². The van der Waals surface area contributed by atoms with E-state index in [1.807, 2.05) is 19.9 Å². The number of benzene rings is 2. The fourth-order valence-corrected chi connectivity index (χ4v) is 3.15. The van der Waals surface area contributed by atoms with E-state index in [1.54, 1.807) is 6.07 Å². The third kappa shape index (κ3) is 5.93. The molecule has 4 nitrogen and oxygen atoms in total. The van der Waals surface area contributed by atoms with Crippen molar-refractivity contribution in [1.29, 1.82) is 0 Å². The van der Waals surface area contributed by atoms with Gasteiger partial charge in [-0.1, -0.05) is 35.9 Å². The van der Waals surface area contributed by atoms with Crippen molar-refractivity contribution in [2.24, 2.45) is 5.92 Å². The van der Waals surface area contributed by atoms with Crippen LogP contribution in [-0.2, 0) is 12.6 Å². The van der Waals surface area contributed by atoms with Gasteiger partial charge in [-0.3, -0.25) is 0 Å². The van der Waals surface area contributed by atoms with Gasteiger partial charge in [0.2, 0.25) is 0 Å². The lowest BCUT2D eigenvalue weighted by atomic mass is 9.97. The van der Waals surface area contributed by atoms with E-state index in [0.29, 0.717) is 35.8 Å². The van der Waals surface area contributed by atoms with Gasteiger partial charge in [0.15, 0.2) is 0 Å². The Morgan fingerprint density at radius 3 is 2.34 bits per heavy atom. The number of carboxylic acids is 1. The molecule has 0 radical (unpaired) electrons. The Morgan fingerprint density at radius 2 is 1.81 bits per heavy atom. The normalized spacial score (nSPS) is 13.9. The van der Waals surface area contributed by atoms with Crippen LogP contribution in [0.25, 0.3) is 12.2 Å². The van der Waals surface area contributed by atoms with Crippen molar-refractivity contribution < 1.29 is 32.9 Å². The predicted molar refractivity (Wildman–Crippen MR) is 117 cm³/mol. The molecule has 32 heavy (non-hydrogen) atoms. The molecule has 3 rings (SSSR count). The molecule has 7 heteroatoms. The largest absolute Gasteiger partial charge is 0.507 e. The molecule has 2 aromatic rings. The summed E-state index contributed by atoms with van der Waals surface area (Å²) < 4.78 is 44.2. The Hall–Kier alpha value is -3.22. The first-order chi connectivity index (χ1) is 15.1. The molecule has 0 amide bonds. The molecule has 1 saturated carbocycles. The van der Waals surface area contributed by atoms with Crippen molar-refractivity contribution >= 4 is 18.1 Å². The second-order valence-corrected chi connectivity index (χ2v) is 8.16. The summed E-state index contributed by atoms with van der Waals surface area (Å²) in [5, 5.41) is 20.5. The van der Waals surface area contributed by atoms with E-state index in [-0.39, 0.29) is 16.9 Å². The zero-order valence-electron chi connectivity index (χ0n) is 17.9. The topological polar surface area (TPSA) is 66.8 Å². The second-order valence-electron chi connectivity index (χ2n) is 8.16. The second kappa shape index (κ2) is 9.51. The minimum Gasteiger partial charge on any atom is -0.507 e. The Balaban J connectivity index is 2.00. The fraction of sp³-hybridized carbons (Fsp3) is 0.320. The molecule has 2 aromatic carbocycles. The summed E-state index contributed by atoms with van der Waals surface area (Å²) in [6.07, 6.45) is 2.87. The third-order valence-corrected chi connectivity index (χ3v) is 5.19. The van der Waals surface area contributed by atoms with Crippen LogP contribution in [0, 0.1) is 5.92 Å². The highest BCUT2D eigenvalue weighted by Gasteiger charge is 2.30. The monoisotopic (exact) mass is 446 g/mol. The molecule has 1 aliphatic carbocycles. The number of allylic oxidation sites excluding steroid dienone is 2. The number of halogens is 3. The Labute approximate surface area is 184 Å². The van der Waals surface area contributed by atoms with E-state index in [4.69, 9.17) is 4.74 Å². The van der Waals surface area contributed by atoms with Gasteiger partial charge in [0, 0.05) is 5.56 Å². The van der Waals surface area contributed by atoms with E-state index in [2.05, 4.69) is 0 Å². The van der Waals surface area contributed by atoms with Crippen LogP contribution in [0.1, 0.15) is 59.3 Å². The minimum absolute atomic E-state index is 0.210. The highest BCUT2D eigenvalue weighted by Crippen LogP contribution is 2.38. The zero-order valence-corrected chi connectivity index (χ0v) is 17.9. The number of ether oxygens (including phenoxy) is 1. The molecule has 0 bridgehead atoms. The van der Waals surface area contributed by atoms with Gasteiger partial charge in [0.1, 0.15) is 17.1 Å². The van der Waals surface area contributed by atoms with E-state index in [9.17, 15) is 28.2 Å². The molecule has 2 N–H and O–H groups in total. The Kier molecular flexibility index (Phi) is 6.96. The molecule has 0 atom stereocenters. The van der Waals surface area contributed by atoms with Crippen molar-refractivity contribution in [2.75, 3.05) is 6.61 Å². The number of carboxylic acid groups (broad SMARTS) is 1. The van der Waals surface area contributed by atoms with E-state index in [0.717, 1.165) is 30.5 Å². The number of alkyl halides is 3. The van der Waals surface area contributed by atoms with Gasteiger partial charge in [0.05, 0.1) is 12.2 Å². The fourth-order valence-electron chi connectivity index (χ4n) is 3.15. The van der Waals surface area contributed by atoms with E-state index < -0.39 is 17.7 Å². The van der Waals surface area contributed by atoms with Crippen LogP contribution in [0.2, 0.25) is 0 Å². The van der Waals surface area contributed by atoms with Crippen molar-refractivity contribution in [3.8, 4) is 11.5 Å². The summed E-state index contributed by atoms with van der Waals surface area (Å²) in [5.41, 5.74) is 1.04. The molecule has 1 fully saturated rings. The first-order valence-electron chi connectivity index (χ1n) is 10.3. The predicted octanol–water partition coefficient (Wildman–Crippen LogP) is 6.58. The van der Waals surface area contributed by atoms with Crippen LogP contribution in [0.4, 0.5) is 13.2 Å². The van der Waals surface area contributed by atoms with Gasteiger partial charge in [-0.15, -0.1) is 0 Å². The quantitative estimate of drug-likeness (QED) is 0.355. The lowest BCUT2D eigenvalue weighted by Gasteiger charge is -2.16. The highest BCUT2D eigenvalue weighted by atomic mass is 19.4. The van der Waals surface area contributed by atoms with Crippen LogP contribution in [-0.4, -0.2) is 22.8 Å². The van der Waals surface area contributed by atoms with E-state index >= 15 is 0 Å². The van der Waals surface area contributed by atoms with Gasteiger partial charge < -0.3 is 14.9 Å². The molecular weight excluding hydrogens is 421 g/mol. The molecular formula is C25H25F3O4. The smallest absolute Gasteiger partial charge is 0.416 e. The Morgan fingerprint density at radius 1 is 1.16 bits per heavy atom. The average molecular weight is 446 g/mol. The molecule has 1 aliphatic rings. The van der Waals surface area contributed by atoms with Crippen molar-refractivity contribution in [1.82, 2.24) is 0 Å². The summed E-state index contributed by atoms with van der Waals surface area (Å²) in [7, 11) is 0. The lowest BCUT2D eigenvalue weighted by Crippen LogP contribution is -2.07. The standard InChI is InChI=1S/C25H25F3O4/c1-15(2)3-12-20-21(32-14-17-4-5-17)13-18(22(23(20)29)24(30)31)9-6-16-7-10-19(11-8-16)25(26,27)28/h3,6-11,13,17,29H,4-5,12,14H2,1-2H3,(H,30,31)/b9-6+. The van der Waals surface area contributed by atoms with Crippen LogP contribution < -0.4 is 4.74 Å². The van der Waals surface area contributed by atoms with Crippen molar-refractivity contribution in [3.63, 3.8) is 0 Å². The molecule has 0 spiro atoms. The number of aromatic hydroxyl groups is 1. The number of rotatable bonds is 8. The van der Waals surface area contributed by atoms with Crippen molar-refractivity contribution in [3.05, 3.63) is 69.8 Å². The lowest BCUT2D eigenvalue weighted by molar-refractivity contribution is -0.137. The number of hydrogen-bond donors (Lipinski definition) is 2. The molecule has 0 heterocycles. The summed E-state index contributed by atoms with van der Waals surface area (Å²) >= 11 is 0. The molecule has 170 valence electrons. The van der Waals surface area contributed by atoms with Gasteiger partial charge in [-0.05, 0) is 68.4 Å². The van der Waals surface area contributed by atoms with Crippen LogP contribution in [0.3, 0.4) is 0 Å². The molecule has 0 aliphatic heterocycles. The molecule has 0 saturated heterocycles. The first kappa shape index (κ1) is 23.4. The first-order valence-corrected chi connectivity index (χ1v) is 10.3. The number of carbonyl (C=O) groups is 1. The van der Waals surface area contributed by atoms with Crippen LogP contribution in [0.15, 0.2) is 42.0 Å². The summed E-state index contributed by atoms with van der Waals surface area (Å²) in [6.45, 7) is 4.29. The maximum absolute atomic E-state index is 12.8. The van der Waals surface area contributed by atoms with Gasteiger partial charge in [-0.2, -0.15) is 13.2 Å². The number of aromatic carboxylic acids is 1. The van der Waals surface area contributed by atoms with Gasteiger partial charge in [0.25, 0.3) is 0 Å². The summed E-state index contributed by atoms with van der Waals surface area (Å²) in [5.74, 6) is -0.806. The third-order valence-electron chi connectivity index (χ3n) is 5.19. The SMILES string of the molecule is CC(C)=CCc1c(OCC2CC2)cc(/C=C/c2ccc(C(F)(F)F)cc2)c(C(=O)O)c1O. The van der Waals surface area contributed by atoms with Gasteiger partial charge in [-0.25, -0.2) is 4.79 Å². The summed E-state index contributed by atoms with van der Waals surface area (Å²) in [4.78, 5) is 11.9.